The maximum atomic E-state index is 13.4. The molecule has 1 saturated heterocycles. The van der Waals surface area contributed by atoms with Gasteiger partial charge in [-0.25, -0.2) is 9.97 Å². The first-order chi connectivity index (χ1) is 14.6. The fraction of sp³-hybridized carbons (Fsp3) is 0.696. The van der Waals surface area contributed by atoms with Gasteiger partial charge in [-0.3, -0.25) is 4.79 Å². The van der Waals surface area contributed by atoms with E-state index in [-0.39, 0.29) is 23.7 Å². The monoisotopic (exact) mass is 413 g/mol. The van der Waals surface area contributed by atoms with Gasteiger partial charge in [-0.05, 0) is 76.4 Å². The Bertz CT molecular complexity index is 914. The Kier molecular flexibility index (Phi) is 6.68. The molecule has 2 aromatic rings. The molecule has 0 unspecified atom stereocenters. The van der Waals surface area contributed by atoms with Gasteiger partial charge >= 0.3 is 0 Å². The third-order valence-corrected chi connectivity index (χ3v) is 6.74. The minimum absolute atomic E-state index is 0.0182. The lowest BCUT2D eigenvalue weighted by molar-refractivity contribution is 0.122. The molecule has 0 spiro atoms. The van der Waals surface area contributed by atoms with Crippen molar-refractivity contribution in [3.05, 3.63) is 28.3 Å². The number of pyridine rings is 1. The van der Waals surface area contributed by atoms with E-state index < -0.39 is 0 Å². The molecular weight excluding hydrogens is 378 g/mol. The van der Waals surface area contributed by atoms with E-state index >= 15 is 0 Å². The lowest BCUT2D eigenvalue weighted by atomic mass is 9.82. The number of hydrogen-bond donors (Lipinski definition) is 3. The second kappa shape index (κ2) is 9.43. The van der Waals surface area contributed by atoms with E-state index in [1.807, 2.05) is 4.57 Å². The van der Waals surface area contributed by atoms with Crippen molar-refractivity contribution < 1.29 is 5.11 Å². The first-order valence-electron chi connectivity index (χ1n) is 11.6. The highest BCUT2D eigenvalue weighted by Crippen LogP contribution is 2.36. The molecule has 0 amide bonds. The zero-order valence-corrected chi connectivity index (χ0v) is 18.2. The molecule has 7 nitrogen and oxygen atoms in total. The van der Waals surface area contributed by atoms with Crippen molar-refractivity contribution in [2.24, 2.45) is 0 Å². The SMILES string of the molecule is CCC[C@@H](C)Nc1ncc2c(=O)n(C3CCNCC3)cc([C@H]3CC[C@H](O)CC3)c2n1. The molecule has 0 aromatic carbocycles. The third-order valence-electron chi connectivity index (χ3n) is 6.74. The summed E-state index contributed by atoms with van der Waals surface area (Å²) in [4.78, 5) is 22.7. The molecule has 2 fully saturated rings. The minimum Gasteiger partial charge on any atom is -0.393 e. The zero-order valence-electron chi connectivity index (χ0n) is 18.2. The fourth-order valence-electron chi connectivity index (χ4n) is 5.00. The van der Waals surface area contributed by atoms with E-state index in [1.165, 1.54) is 0 Å². The van der Waals surface area contributed by atoms with Gasteiger partial charge < -0.3 is 20.3 Å². The molecule has 1 aliphatic heterocycles. The molecule has 3 N–H and O–H groups in total. The smallest absolute Gasteiger partial charge is 0.261 e. The van der Waals surface area contributed by atoms with Crippen molar-refractivity contribution in [3.8, 4) is 0 Å². The molecule has 1 saturated carbocycles. The van der Waals surface area contributed by atoms with Crippen molar-refractivity contribution in [2.75, 3.05) is 18.4 Å². The number of hydrogen-bond acceptors (Lipinski definition) is 6. The van der Waals surface area contributed by atoms with Crippen LogP contribution in [0.2, 0.25) is 0 Å². The summed E-state index contributed by atoms with van der Waals surface area (Å²) in [5, 5.41) is 17.4. The molecule has 4 rings (SSSR count). The van der Waals surface area contributed by atoms with Gasteiger partial charge in [-0.15, -0.1) is 0 Å². The quantitative estimate of drug-likeness (QED) is 0.673. The molecule has 2 aliphatic rings. The highest BCUT2D eigenvalue weighted by atomic mass is 16.3. The first-order valence-corrected chi connectivity index (χ1v) is 11.6. The van der Waals surface area contributed by atoms with Crippen LogP contribution < -0.4 is 16.2 Å². The molecule has 2 aromatic heterocycles. The Labute approximate surface area is 178 Å². The lowest BCUT2D eigenvalue weighted by Gasteiger charge is -2.29. The number of aromatic nitrogens is 3. The largest absolute Gasteiger partial charge is 0.393 e. The van der Waals surface area contributed by atoms with Crippen LogP contribution in [-0.2, 0) is 0 Å². The van der Waals surface area contributed by atoms with Gasteiger partial charge in [0.25, 0.3) is 5.56 Å². The molecular formula is C23H35N5O2. The van der Waals surface area contributed by atoms with Crippen LogP contribution in [0.15, 0.2) is 17.2 Å². The number of fused-ring (bicyclic) bond motifs is 1. The van der Waals surface area contributed by atoms with Gasteiger partial charge in [-0.1, -0.05) is 13.3 Å². The van der Waals surface area contributed by atoms with Crippen molar-refractivity contribution in [1.82, 2.24) is 19.9 Å². The normalized spacial score (nSPS) is 24.1. The number of aliphatic hydroxyl groups excluding tert-OH is 1. The first kappa shape index (κ1) is 21.2. The van der Waals surface area contributed by atoms with Crippen molar-refractivity contribution in [3.63, 3.8) is 0 Å². The van der Waals surface area contributed by atoms with Gasteiger partial charge in [0.2, 0.25) is 5.95 Å². The molecule has 3 heterocycles. The summed E-state index contributed by atoms with van der Waals surface area (Å²) in [5.41, 5.74) is 1.95. The van der Waals surface area contributed by atoms with Gasteiger partial charge in [0, 0.05) is 24.5 Å². The fourth-order valence-corrected chi connectivity index (χ4v) is 5.00. The molecule has 1 aliphatic carbocycles. The number of nitrogens with one attached hydrogen (secondary N) is 2. The van der Waals surface area contributed by atoms with Crippen LogP contribution in [0.25, 0.3) is 10.9 Å². The van der Waals surface area contributed by atoms with Gasteiger partial charge in [0.15, 0.2) is 0 Å². The van der Waals surface area contributed by atoms with E-state index in [9.17, 15) is 9.90 Å². The van der Waals surface area contributed by atoms with E-state index in [1.54, 1.807) is 6.20 Å². The average Bonchev–Trinajstić information content (AvgIpc) is 2.75. The van der Waals surface area contributed by atoms with Crippen LogP contribution in [0.4, 0.5) is 5.95 Å². The summed E-state index contributed by atoms with van der Waals surface area (Å²) < 4.78 is 1.94. The Hall–Kier alpha value is -1.99. The summed E-state index contributed by atoms with van der Waals surface area (Å²) in [5.74, 6) is 0.917. The second-order valence-electron chi connectivity index (χ2n) is 9.07. The maximum Gasteiger partial charge on any atom is 0.261 e. The summed E-state index contributed by atoms with van der Waals surface area (Å²) in [7, 11) is 0. The highest BCUT2D eigenvalue weighted by molar-refractivity contribution is 5.81. The minimum atomic E-state index is -0.204. The number of anilines is 1. The van der Waals surface area contributed by atoms with E-state index in [2.05, 4.69) is 35.7 Å². The van der Waals surface area contributed by atoms with E-state index in [0.717, 1.165) is 75.5 Å². The van der Waals surface area contributed by atoms with Gasteiger partial charge in [-0.2, -0.15) is 0 Å². The second-order valence-corrected chi connectivity index (χ2v) is 9.07. The maximum absolute atomic E-state index is 13.4. The van der Waals surface area contributed by atoms with E-state index in [4.69, 9.17) is 4.98 Å². The van der Waals surface area contributed by atoms with Crippen LogP contribution in [0.3, 0.4) is 0 Å². The standard InChI is InChI=1S/C23H35N5O2/c1-3-4-15(2)26-23-25-13-19-21(27-23)20(16-5-7-18(29)8-6-16)14-28(22(19)30)17-9-11-24-12-10-17/h13-18,24,29H,3-12H2,1-2H3,(H,25,26,27)/t15-,16-,18-/m1/s1. The summed E-state index contributed by atoms with van der Waals surface area (Å²) >= 11 is 0. The molecule has 0 bridgehead atoms. The van der Waals surface area contributed by atoms with E-state index in [0.29, 0.717) is 17.3 Å². The van der Waals surface area contributed by atoms with Crippen LogP contribution in [0.1, 0.15) is 82.7 Å². The summed E-state index contributed by atoms with van der Waals surface area (Å²) in [6.45, 7) is 6.18. The van der Waals surface area contributed by atoms with Crippen LogP contribution in [0, 0.1) is 0 Å². The average molecular weight is 414 g/mol. The number of aliphatic hydroxyl groups is 1. The Morgan fingerprint density at radius 3 is 2.67 bits per heavy atom. The predicted octanol–water partition coefficient (Wildman–Crippen LogP) is 3.34. The Morgan fingerprint density at radius 2 is 1.97 bits per heavy atom. The molecule has 30 heavy (non-hydrogen) atoms. The van der Waals surface area contributed by atoms with Crippen LogP contribution in [-0.4, -0.2) is 44.9 Å². The lowest BCUT2D eigenvalue weighted by Crippen LogP contribution is -2.35. The topological polar surface area (TPSA) is 92.1 Å². The van der Waals surface area contributed by atoms with Crippen LogP contribution >= 0.6 is 0 Å². The zero-order chi connectivity index (χ0) is 21.1. The number of rotatable bonds is 6. The van der Waals surface area contributed by atoms with Crippen molar-refractivity contribution in [1.29, 1.82) is 0 Å². The molecule has 1 atom stereocenters. The van der Waals surface area contributed by atoms with Crippen molar-refractivity contribution in [2.45, 2.75) is 89.3 Å². The highest BCUT2D eigenvalue weighted by Gasteiger charge is 2.26. The number of nitrogens with zero attached hydrogens (tertiary/aromatic N) is 3. The van der Waals surface area contributed by atoms with Crippen LogP contribution in [0.5, 0.6) is 0 Å². The summed E-state index contributed by atoms with van der Waals surface area (Å²) in [6.07, 6.45) is 11.1. The Balaban J connectivity index is 1.78. The number of piperidine rings is 1. The third kappa shape index (κ3) is 4.52. The Morgan fingerprint density at radius 1 is 1.23 bits per heavy atom. The van der Waals surface area contributed by atoms with Crippen molar-refractivity contribution >= 4 is 16.9 Å². The predicted molar refractivity (Wildman–Crippen MR) is 120 cm³/mol. The summed E-state index contributed by atoms with van der Waals surface area (Å²) in [6, 6.07) is 0.509. The molecule has 0 radical (unpaired) electrons. The molecule has 164 valence electrons. The van der Waals surface area contributed by atoms with Gasteiger partial charge in [0.05, 0.1) is 17.0 Å². The molecule has 7 heteroatoms. The van der Waals surface area contributed by atoms with Gasteiger partial charge in [0.1, 0.15) is 0 Å².